The Labute approximate surface area is 256 Å². The molecule has 0 aromatic heterocycles. The smallest absolute Gasteiger partial charge is 0.00141 e. The number of hydrogen-bond acceptors (Lipinski definition) is 0. The molecule has 6 aromatic carbocycles. The van der Waals surface area contributed by atoms with Gasteiger partial charge < -0.3 is 0 Å². The van der Waals surface area contributed by atoms with E-state index >= 15 is 0 Å². The third-order valence-corrected chi connectivity index (χ3v) is 10.2. The lowest BCUT2D eigenvalue weighted by atomic mass is 9.83. The molecule has 0 saturated heterocycles. The fourth-order valence-corrected chi connectivity index (χ4v) is 7.84. The Kier molecular flexibility index (Phi) is 11.1. The molecule has 0 amide bonds. The summed E-state index contributed by atoms with van der Waals surface area (Å²) < 4.78 is 0. The van der Waals surface area contributed by atoms with Crippen LogP contribution in [-0.4, -0.2) is 26.7 Å². The average Bonchev–Trinajstić information content (AvgIpc) is 3.05. The third kappa shape index (κ3) is 6.22. The molecular formula is C40H44P2. The highest BCUT2D eigenvalue weighted by atomic mass is 31.1. The van der Waals surface area contributed by atoms with E-state index in [4.69, 9.17) is 0 Å². The lowest BCUT2D eigenvalue weighted by molar-refractivity contribution is 1.50. The van der Waals surface area contributed by atoms with Gasteiger partial charge in [-0.25, -0.2) is 0 Å². The zero-order valence-corrected chi connectivity index (χ0v) is 28.2. The van der Waals surface area contributed by atoms with Crippen molar-refractivity contribution in [3.05, 3.63) is 121 Å². The SMILES string of the molecule is CC.CC.CP(C)c1ccccc1-c1ccc2ccccc2c1-c1c(-c2ccccc2P(C)C)ccc2ccccc12. The lowest BCUT2D eigenvalue weighted by Gasteiger charge is -2.23. The van der Waals surface area contributed by atoms with Crippen LogP contribution in [0, 0.1) is 0 Å². The van der Waals surface area contributed by atoms with E-state index in [9.17, 15) is 0 Å². The van der Waals surface area contributed by atoms with Crippen LogP contribution in [0.1, 0.15) is 27.7 Å². The van der Waals surface area contributed by atoms with Crippen molar-refractivity contribution in [2.45, 2.75) is 27.7 Å². The molecule has 0 N–H and O–H groups in total. The molecule has 0 bridgehead atoms. The van der Waals surface area contributed by atoms with Crippen molar-refractivity contribution in [2.75, 3.05) is 26.7 Å². The topological polar surface area (TPSA) is 0 Å². The predicted molar refractivity (Wildman–Crippen MR) is 197 cm³/mol. The first-order chi connectivity index (χ1) is 20.5. The summed E-state index contributed by atoms with van der Waals surface area (Å²) in [5.74, 6) is 0. The molecule has 0 unspecified atom stereocenters. The molecule has 0 nitrogen and oxygen atoms in total. The Morgan fingerprint density at radius 3 is 1.05 bits per heavy atom. The molecule has 42 heavy (non-hydrogen) atoms. The first-order valence-electron chi connectivity index (χ1n) is 15.1. The van der Waals surface area contributed by atoms with Gasteiger partial charge in [-0.15, -0.1) is 0 Å². The monoisotopic (exact) mass is 586 g/mol. The van der Waals surface area contributed by atoms with Gasteiger partial charge in [-0.2, -0.15) is 0 Å². The van der Waals surface area contributed by atoms with E-state index in [1.807, 2.05) is 27.7 Å². The largest absolute Gasteiger partial charge is 0.0810 e. The summed E-state index contributed by atoms with van der Waals surface area (Å²) >= 11 is 0. The van der Waals surface area contributed by atoms with Crippen molar-refractivity contribution in [1.82, 2.24) is 0 Å². The highest BCUT2D eigenvalue weighted by Crippen LogP contribution is 2.47. The van der Waals surface area contributed by atoms with Crippen LogP contribution in [0.4, 0.5) is 0 Å². The molecule has 0 fully saturated rings. The first kappa shape index (κ1) is 31.6. The Morgan fingerprint density at radius 1 is 0.333 bits per heavy atom. The Bertz CT molecular complexity index is 1650. The van der Waals surface area contributed by atoms with E-state index in [-0.39, 0.29) is 15.8 Å². The van der Waals surface area contributed by atoms with E-state index in [1.54, 1.807) is 0 Å². The summed E-state index contributed by atoms with van der Waals surface area (Å²) in [6.07, 6.45) is 0. The van der Waals surface area contributed by atoms with Gasteiger partial charge in [0.25, 0.3) is 0 Å². The molecule has 0 atom stereocenters. The molecule has 2 heteroatoms. The molecule has 0 aliphatic rings. The number of hydrogen-bond donors (Lipinski definition) is 0. The number of benzene rings is 6. The molecule has 214 valence electrons. The summed E-state index contributed by atoms with van der Waals surface area (Å²) in [6.45, 7) is 17.4. The van der Waals surface area contributed by atoms with Crippen molar-refractivity contribution in [1.29, 1.82) is 0 Å². The molecule has 0 heterocycles. The van der Waals surface area contributed by atoms with Gasteiger partial charge in [0, 0.05) is 0 Å². The van der Waals surface area contributed by atoms with Crippen molar-refractivity contribution in [3.63, 3.8) is 0 Å². The van der Waals surface area contributed by atoms with E-state index < -0.39 is 0 Å². The minimum atomic E-state index is -0.262. The molecule has 0 spiro atoms. The molecule has 0 aliphatic carbocycles. The van der Waals surface area contributed by atoms with Crippen LogP contribution in [0.25, 0.3) is 54.9 Å². The van der Waals surface area contributed by atoms with Crippen LogP contribution >= 0.6 is 15.8 Å². The molecule has 0 radical (unpaired) electrons. The Morgan fingerprint density at radius 2 is 0.667 bits per heavy atom. The van der Waals surface area contributed by atoms with Gasteiger partial charge in [-0.1, -0.05) is 165 Å². The zero-order valence-electron chi connectivity index (χ0n) is 26.4. The van der Waals surface area contributed by atoms with Gasteiger partial charge in [0.05, 0.1) is 0 Å². The minimum Gasteiger partial charge on any atom is -0.0810 e. The standard InChI is InChI=1S/C36H32P2.2C2H6/c1-37(2)33-19-11-9-17-29(33)31-23-21-25-13-5-7-15-27(25)35(31)36-28-16-8-6-14-26(28)22-24-32(36)30-18-10-12-20-34(30)38(3)4;2*1-2/h5-24H,1-4H3;2*1-2H3. The highest BCUT2D eigenvalue weighted by molar-refractivity contribution is 7.64. The quantitative estimate of drug-likeness (QED) is 0.176. The molecule has 0 aliphatic heterocycles. The summed E-state index contributed by atoms with van der Waals surface area (Å²) in [5, 5.41) is 8.07. The molecule has 0 saturated carbocycles. The van der Waals surface area contributed by atoms with Crippen molar-refractivity contribution < 1.29 is 0 Å². The lowest BCUT2D eigenvalue weighted by Crippen LogP contribution is -2.06. The Balaban J connectivity index is 0.000000972. The maximum Gasteiger partial charge on any atom is -0.00141 e. The van der Waals surface area contributed by atoms with Gasteiger partial charge in [0.15, 0.2) is 0 Å². The zero-order chi connectivity index (χ0) is 30.2. The van der Waals surface area contributed by atoms with E-state index in [2.05, 4.69) is 148 Å². The van der Waals surface area contributed by atoms with Crippen LogP contribution in [0.5, 0.6) is 0 Å². The van der Waals surface area contributed by atoms with Crippen molar-refractivity contribution >= 4 is 48.0 Å². The second kappa shape index (κ2) is 14.7. The fourth-order valence-electron chi connectivity index (χ4n) is 5.71. The summed E-state index contributed by atoms with van der Waals surface area (Å²) in [5.41, 5.74) is 8.02. The van der Waals surface area contributed by atoms with E-state index in [1.165, 1.54) is 65.5 Å². The minimum absolute atomic E-state index is 0.262. The van der Waals surface area contributed by atoms with Crippen LogP contribution in [-0.2, 0) is 0 Å². The van der Waals surface area contributed by atoms with Gasteiger partial charge >= 0.3 is 0 Å². The summed E-state index contributed by atoms with van der Waals surface area (Å²) in [4.78, 5) is 0. The summed E-state index contributed by atoms with van der Waals surface area (Å²) in [6, 6.07) is 45.1. The van der Waals surface area contributed by atoms with Crippen LogP contribution in [0.15, 0.2) is 121 Å². The predicted octanol–water partition coefficient (Wildman–Crippen LogP) is 11.8. The van der Waals surface area contributed by atoms with Gasteiger partial charge in [0.2, 0.25) is 0 Å². The second-order valence-electron chi connectivity index (χ2n) is 10.2. The van der Waals surface area contributed by atoms with Crippen molar-refractivity contribution in [2.24, 2.45) is 0 Å². The maximum absolute atomic E-state index is 2.36. The summed E-state index contributed by atoms with van der Waals surface area (Å²) in [7, 11) is -0.523. The van der Waals surface area contributed by atoms with E-state index in [0.29, 0.717) is 0 Å². The Hall–Kier alpha value is -3.30. The van der Waals surface area contributed by atoms with Gasteiger partial charge in [-0.3, -0.25) is 0 Å². The second-order valence-corrected chi connectivity index (χ2v) is 14.8. The van der Waals surface area contributed by atoms with Gasteiger partial charge in [-0.05, 0) is 92.2 Å². The van der Waals surface area contributed by atoms with Crippen LogP contribution in [0.2, 0.25) is 0 Å². The fraction of sp³-hybridized carbons (Fsp3) is 0.200. The number of fused-ring (bicyclic) bond motifs is 2. The first-order valence-corrected chi connectivity index (χ1v) is 19.6. The van der Waals surface area contributed by atoms with Crippen molar-refractivity contribution in [3.8, 4) is 33.4 Å². The normalized spacial score (nSPS) is 10.8. The third-order valence-electron chi connectivity index (χ3n) is 7.46. The van der Waals surface area contributed by atoms with E-state index in [0.717, 1.165) is 0 Å². The highest BCUT2D eigenvalue weighted by Gasteiger charge is 2.22. The van der Waals surface area contributed by atoms with Crippen LogP contribution < -0.4 is 10.6 Å². The number of rotatable bonds is 5. The molecule has 6 rings (SSSR count). The molecular weight excluding hydrogens is 542 g/mol. The molecule has 6 aromatic rings. The van der Waals surface area contributed by atoms with Crippen LogP contribution in [0.3, 0.4) is 0 Å². The van der Waals surface area contributed by atoms with Gasteiger partial charge in [0.1, 0.15) is 0 Å². The maximum atomic E-state index is 2.36. The average molecular weight is 587 g/mol.